The lowest BCUT2D eigenvalue weighted by Gasteiger charge is -2.31. The maximum Gasteiger partial charge on any atom is 0.409 e. The average molecular weight is 281 g/mol. The molecule has 1 fully saturated rings. The van der Waals surface area contributed by atoms with Gasteiger partial charge in [0.25, 0.3) is 10.2 Å². The summed E-state index contributed by atoms with van der Waals surface area (Å²) in [6.45, 7) is 0.969. The third-order valence-electron chi connectivity index (χ3n) is 2.67. The molecule has 0 radical (unpaired) electrons. The number of piperidine rings is 1. The summed E-state index contributed by atoms with van der Waals surface area (Å²) < 4.78 is 28.6. The van der Waals surface area contributed by atoms with Gasteiger partial charge in [-0.15, -0.1) is 0 Å². The Morgan fingerprint density at radius 2 is 2.28 bits per heavy atom. The first-order chi connectivity index (χ1) is 8.42. The molecule has 0 aromatic heterocycles. The Hall–Kier alpha value is -0.900. The summed E-state index contributed by atoms with van der Waals surface area (Å²) in [5.41, 5.74) is 0. The van der Waals surface area contributed by atoms with Crippen molar-refractivity contribution in [3.05, 3.63) is 0 Å². The predicted molar refractivity (Wildman–Crippen MR) is 63.8 cm³/mol. The van der Waals surface area contributed by atoms with Crippen molar-refractivity contribution in [2.24, 2.45) is 11.1 Å². The van der Waals surface area contributed by atoms with Crippen molar-refractivity contribution in [2.75, 3.05) is 32.8 Å². The predicted octanol–water partition coefficient (Wildman–Crippen LogP) is -1.38. The molecule has 18 heavy (non-hydrogen) atoms. The number of aliphatic hydroxyl groups excluding tert-OH is 1. The summed E-state index contributed by atoms with van der Waals surface area (Å²) in [5, 5.41) is 13.4. The second-order valence-electron chi connectivity index (χ2n) is 4.19. The molecule has 8 nitrogen and oxygen atoms in total. The fraction of sp³-hybridized carbons (Fsp3) is 0.889. The fourth-order valence-electron chi connectivity index (χ4n) is 1.86. The third kappa shape index (κ3) is 5.63. The van der Waals surface area contributed by atoms with Crippen LogP contribution in [0.1, 0.15) is 12.8 Å². The van der Waals surface area contributed by atoms with Gasteiger partial charge in [0.05, 0.1) is 6.61 Å². The van der Waals surface area contributed by atoms with E-state index in [1.165, 1.54) is 4.90 Å². The number of aliphatic hydroxyl groups is 1. The normalized spacial score (nSPS) is 20.8. The van der Waals surface area contributed by atoms with E-state index in [2.05, 4.69) is 4.72 Å². The number of nitrogens with zero attached hydrogens (tertiary/aromatic N) is 1. The van der Waals surface area contributed by atoms with Crippen molar-refractivity contribution in [3.8, 4) is 0 Å². The minimum absolute atomic E-state index is 0.0266. The van der Waals surface area contributed by atoms with Gasteiger partial charge < -0.3 is 14.7 Å². The van der Waals surface area contributed by atoms with Gasteiger partial charge in [-0.3, -0.25) is 0 Å². The van der Waals surface area contributed by atoms with E-state index in [1.807, 2.05) is 0 Å². The third-order valence-corrected chi connectivity index (χ3v) is 3.24. The van der Waals surface area contributed by atoms with Gasteiger partial charge in [0.2, 0.25) is 0 Å². The highest BCUT2D eigenvalue weighted by atomic mass is 32.2. The molecule has 9 heteroatoms. The van der Waals surface area contributed by atoms with Gasteiger partial charge >= 0.3 is 6.09 Å². The van der Waals surface area contributed by atoms with Gasteiger partial charge in [-0.25, -0.2) is 14.7 Å². The number of amides is 1. The lowest BCUT2D eigenvalue weighted by atomic mass is 9.99. The van der Waals surface area contributed by atoms with E-state index in [4.69, 9.17) is 15.0 Å². The van der Waals surface area contributed by atoms with Crippen LogP contribution in [0.2, 0.25) is 0 Å². The Balaban J connectivity index is 2.38. The number of likely N-dealkylation sites (tertiary alicyclic amines) is 1. The Morgan fingerprint density at radius 1 is 1.56 bits per heavy atom. The molecule has 1 amide bonds. The summed E-state index contributed by atoms with van der Waals surface area (Å²) in [4.78, 5) is 13.0. The highest BCUT2D eigenvalue weighted by molar-refractivity contribution is 7.87. The number of rotatable bonds is 5. The largest absolute Gasteiger partial charge is 0.447 e. The highest BCUT2D eigenvalue weighted by Crippen LogP contribution is 2.16. The second-order valence-corrected chi connectivity index (χ2v) is 5.56. The van der Waals surface area contributed by atoms with Crippen LogP contribution in [0.15, 0.2) is 0 Å². The molecule has 0 saturated carbocycles. The minimum atomic E-state index is -3.69. The van der Waals surface area contributed by atoms with E-state index in [0.717, 1.165) is 12.8 Å². The zero-order valence-corrected chi connectivity index (χ0v) is 10.9. The standard InChI is InChI=1S/C9H19N3O5S/c10-18(15,16)11-6-8-2-1-3-12(7-8)9(14)17-5-4-13/h8,11,13H,1-7H2,(H2,10,15,16). The average Bonchev–Trinajstić information content (AvgIpc) is 2.33. The van der Waals surface area contributed by atoms with Crippen molar-refractivity contribution in [1.82, 2.24) is 9.62 Å². The zero-order valence-electron chi connectivity index (χ0n) is 10.0. The number of carbonyl (C=O) groups is 1. The van der Waals surface area contributed by atoms with E-state index >= 15 is 0 Å². The fourth-order valence-corrected chi connectivity index (χ4v) is 2.32. The van der Waals surface area contributed by atoms with Crippen molar-refractivity contribution < 1.29 is 23.1 Å². The molecule has 4 N–H and O–H groups in total. The number of hydrogen-bond donors (Lipinski definition) is 3. The van der Waals surface area contributed by atoms with Crippen LogP contribution < -0.4 is 9.86 Å². The molecule has 0 bridgehead atoms. The molecule has 0 aromatic rings. The minimum Gasteiger partial charge on any atom is -0.447 e. The summed E-state index contributed by atoms with van der Waals surface area (Å²) in [7, 11) is -3.69. The molecular formula is C9H19N3O5S. The van der Waals surface area contributed by atoms with Crippen LogP contribution in [-0.2, 0) is 14.9 Å². The molecule has 1 unspecified atom stereocenters. The molecule has 106 valence electrons. The summed E-state index contributed by atoms with van der Waals surface area (Å²) in [5.74, 6) is 0.0266. The van der Waals surface area contributed by atoms with Crippen LogP contribution in [0.3, 0.4) is 0 Å². The molecule has 1 rings (SSSR count). The Morgan fingerprint density at radius 3 is 2.89 bits per heavy atom. The molecule has 0 aliphatic carbocycles. The summed E-state index contributed by atoms with van der Waals surface area (Å²) in [6, 6.07) is 0. The monoisotopic (exact) mass is 281 g/mol. The van der Waals surface area contributed by atoms with Gasteiger partial charge in [0, 0.05) is 19.6 Å². The van der Waals surface area contributed by atoms with Crippen LogP contribution in [0.4, 0.5) is 4.79 Å². The number of hydrogen-bond acceptors (Lipinski definition) is 5. The van der Waals surface area contributed by atoms with Crippen LogP contribution in [0.5, 0.6) is 0 Å². The Labute approximate surface area is 106 Å². The van der Waals surface area contributed by atoms with Gasteiger partial charge in [0.1, 0.15) is 6.61 Å². The molecule has 1 aliphatic rings. The number of nitrogens with one attached hydrogen (secondary N) is 1. The van der Waals surface area contributed by atoms with E-state index < -0.39 is 16.3 Å². The maximum atomic E-state index is 11.5. The van der Waals surface area contributed by atoms with E-state index in [-0.39, 0.29) is 25.7 Å². The lowest BCUT2D eigenvalue weighted by molar-refractivity contribution is 0.0706. The van der Waals surface area contributed by atoms with Crippen LogP contribution >= 0.6 is 0 Å². The molecule has 1 atom stereocenters. The maximum absolute atomic E-state index is 11.5. The Kier molecular flexibility index (Phi) is 5.79. The highest BCUT2D eigenvalue weighted by Gasteiger charge is 2.25. The number of ether oxygens (including phenoxy) is 1. The molecular weight excluding hydrogens is 262 g/mol. The van der Waals surface area contributed by atoms with Gasteiger partial charge in [0.15, 0.2) is 0 Å². The van der Waals surface area contributed by atoms with Gasteiger partial charge in [-0.1, -0.05) is 0 Å². The van der Waals surface area contributed by atoms with Crippen LogP contribution in [0.25, 0.3) is 0 Å². The first-order valence-electron chi connectivity index (χ1n) is 5.72. The van der Waals surface area contributed by atoms with Gasteiger partial charge in [-0.2, -0.15) is 8.42 Å². The summed E-state index contributed by atoms with van der Waals surface area (Å²) >= 11 is 0. The van der Waals surface area contributed by atoms with Crippen molar-refractivity contribution in [2.45, 2.75) is 12.8 Å². The quantitative estimate of drug-likeness (QED) is 0.573. The smallest absolute Gasteiger partial charge is 0.409 e. The zero-order chi connectivity index (χ0) is 13.6. The van der Waals surface area contributed by atoms with E-state index in [1.54, 1.807) is 0 Å². The summed E-state index contributed by atoms with van der Waals surface area (Å²) in [6.07, 6.45) is 1.13. The SMILES string of the molecule is NS(=O)(=O)NCC1CCCN(C(=O)OCCO)C1. The van der Waals surface area contributed by atoms with Gasteiger partial charge in [-0.05, 0) is 18.8 Å². The molecule has 0 spiro atoms. The Bertz CT molecular complexity index is 372. The molecule has 1 heterocycles. The first-order valence-corrected chi connectivity index (χ1v) is 7.27. The topological polar surface area (TPSA) is 122 Å². The molecule has 1 aliphatic heterocycles. The number of carbonyl (C=O) groups excluding carboxylic acids is 1. The molecule has 1 saturated heterocycles. The van der Waals surface area contributed by atoms with E-state index in [9.17, 15) is 13.2 Å². The first kappa shape index (κ1) is 15.2. The van der Waals surface area contributed by atoms with Crippen molar-refractivity contribution in [3.63, 3.8) is 0 Å². The van der Waals surface area contributed by atoms with E-state index in [0.29, 0.717) is 13.1 Å². The van der Waals surface area contributed by atoms with Crippen molar-refractivity contribution >= 4 is 16.3 Å². The lowest BCUT2D eigenvalue weighted by Crippen LogP contribution is -2.45. The second kappa shape index (κ2) is 6.88. The van der Waals surface area contributed by atoms with Crippen LogP contribution in [0, 0.1) is 5.92 Å². The van der Waals surface area contributed by atoms with Crippen LogP contribution in [-0.4, -0.2) is 57.4 Å². The number of nitrogens with two attached hydrogens (primary N) is 1. The van der Waals surface area contributed by atoms with Crippen molar-refractivity contribution in [1.29, 1.82) is 0 Å². The molecule has 0 aromatic carbocycles.